The van der Waals surface area contributed by atoms with Gasteiger partial charge in [0.1, 0.15) is 0 Å². The number of benzene rings is 9. The predicted octanol–water partition coefficient (Wildman–Crippen LogP) is 14.4. The Morgan fingerprint density at radius 3 is 1.86 bits per heavy atom. The molecule has 0 aliphatic heterocycles. The van der Waals surface area contributed by atoms with Crippen molar-refractivity contribution in [2.75, 3.05) is 0 Å². The van der Waals surface area contributed by atoms with Gasteiger partial charge in [-0.1, -0.05) is 133 Å². The fourth-order valence-electron chi connectivity index (χ4n) is 9.57. The first kappa shape index (κ1) is 30.2. The van der Waals surface area contributed by atoms with Crippen molar-refractivity contribution in [1.29, 1.82) is 0 Å². The summed E-state index contributed by atoms with van der Waals surface area (Å²) in [5, 5.41) is 11.5. The second-order valence-corrected chi connectivity index (χ2v) is 15.9. The molecule has 12 aromatic rings. The van der Waals surface area contributed by atoms with Gasteiger partial charge in [-0.05, 0) is 80.9 Å². The van der Waals surface area contributed by atoms with Crippen LogP contribution in [0.2, 0.25) is 0 Å². The van der Waals surface area contributed by atoms with Gasteiger partial charge < -0.3 is 4.57 Å². The lowest BCUT2D eigenvalue weighted by atomic mass is 9.96. The van der Waals surface area contributed by atoms with E-state index in [1.165, 1.54) is 85.8 Å². The van der Waals surface area contributed by atoms with Gasteiger partial charge in [-0.3, -0.25) is 0 Å². The number of nitrogens with zero attached hydrogens (tertiary/aromatic N) is 3. The quantitative estimate of drug-likeness (QED) is 0.181. The molecule has 0 spiro atoms. The van der Waals surface area contributed by atoms with Crippen molar-refractivity contribution in [3.63, 3.8) is 0 Å². The SMILES string of the molecule is c1ccc(-c2nc(-c3ccc(-n4c5c6cccc7c6c(cc5c5c6ccccc6c6c8ccccc8sc6c54)-c4ccccc4-7)cc3)nc3ccccc23)cc1. The van der Waals surface area contributed by atoms with Gasteiger partial charge in [0.15, 0.2) is 5.82 Å². The Morgan fingerprint density at radius 2 is 1.04 bits per heavy atom. The Kier molecular flexibility index (Phi) is 6.04. The summed E-state index contributed by atoms with van der Waals surface area (Å²) in [4.78, 5) is 10.3. The number of para-hydroxylation sites is 1. The maximum Gasteiger partial charge on any atom is 0.160 e. The smallest absolute Gasteiger partial charge is 0.160 e. The molecule has 258 valence electrons. The van der Waals surface area contributed by atoms with E-state index in [9.17, 15) is 0 Å². The van der Waals surface area contributed by atoms with E-state index in [2.05, 4.69) is 174 Å². The molecule has 0 fully saturated rings. The first-order chi connectivity index (χ1) is 27.8. The van der Waals surface area contributed by atoms with Crippen molar-refractivity contribution >= 4 is 85.8 Å². The van der Waals surface area contributed by atoms with Crippen LogP contribution in [0, 0.1) is 0 Å². The van der Waals surface area contributed by atoms with Crippen LogP contribution in [-0.2, 0) is 0 Å². The Bertz CT molecular complexity index is 3630. The van der Waals surface area contributed by atoms with Crippen molar-refractivity contribution in [3.8, 4) is 50.6 Å². The summed E-state index contributed by atoms with van der Waals surface area (Å²) < 4.78 is 5.17. The zero-order chi connectivity index (χ0) is 36.5. The molecular formula is C52H29N3S. The van der Waals surface area contributed by atoms with Crippen LogP contribution in [0.25, 0.3) is 125 Å². The van der Waals surface area contributed by atoms with Gasteiger partial charge in [-0.25, -0.2) is 9.97 Å². The van der Waals surface area contributed by atoms with Crippen molar-refractivity contribution in [2.45, 2.75) is 0 Å². The summed E-state index contributed by atoms with van der Waals surface area (Å²) in [5.74, 6) is 0.720. The van der Waals surface area contributed by atoms with E-state index in [-0.39, 0.29) is 0 Å². The van der Waals surface area contributed by atoms with Gasteiger partial charge in [-0.15, -0.1) is 11.3 Å². The number of hydrogen-bond donors (Lipinski definition) is 0. The van der Waals surface area contributed by atoms with E-state index in [0.29, 0.717) is 0 Å². The highest BCUT2D eigenvalue weighted by Gasteiger charge is 2.28. The summed E-state index contributed by atoms with van der Waals surface area (Å²) in [6.07, 6.45) is 0. The molecule has 13 rings (SSSR count). The van der Waals surface area contributed by atoms with Crippen LogP contribution >= 0.6 is 11.3 Å². The highest BCUT2D eigenvalue weighted by molar-refractivity contribution is 7.27. The van der Waals surface area contributed by atoms with Gasteiger partial charge in [-0.2, -0.15) is 0 Å². The summed E-state index contributed by atoms with van der Waals surface area (Å²) in [5.41, 5.74) is 12.8. The summed E-state index contributed by atoms with van der Waals surface area (Å²) in [7, 11) is 0. The molecule has 0 saturated carbocycles. The zero-order valence-electron chi connectivity index (χ0n) is 30.0. The number of hydrogen-bond acceptors (Lipinski definition) is 3. The molecule has 0 saturated heterocycles. The normalized spacial score (nSPS) is 12.3. The standard InChI is InChI=1S/C52H29N3S/c1-2-13-30(14-3-1)48-38-19-8-10-23-43(38)53-52(54-48)31-25-27-32(28-26-31)55-49-40-22-12-21-35-33-15-4-5-16-34(33)41(45(35)40)29-42(49)46-36-17-6-7-18-37(36)47-39-20-9-11-24-44(39)56-51(47)50(46)55/h1-29H. The molecule has 9 aromatic carbocycles. The zero-order valence-corrected chi connectivity index (χ0v) is 30.8. The third-order valence-corrected chi connectivity index (χ3v) is 13.1. The van der Waals surface area contributed by atoms with Crippen LogP contribution in [-0.4, -0.2) is 14.5 Å². The highest BCUT2D eigenvalue weighted by atomic mass is 32.1. The molecule has 0 amide bonds. The Morgan fingerprint density at radius 1 is 0.393 bits per heavy atom. The van der Waals surface area contributed by atoms with Crippen LogP contribution < -0.4 is 0 Å². The highest BCUT2D eigenvalue weighted by Crippen LogP contribution is 2.54. The molecule has 1 aliphatic carbocycles. The van der Waals surface area contributed by atoms with Crippen LogP contribution in [0.1, 0.15) is 0 Å². The monoisotopic (exact) mass is 727 g/mol. The maximum atomic E-state index is 5.20. The number of rotatable bonds is 3. The lowest BCUT2D eigenvalue weighted by Gasteiger charge is -2.13. The molecule has 1 aliphatic rings. The maximum absolute atomic E-state index is 5.20. The van der Waals surface area contributed by atoms with E-state index in [1.54, 1.807) is 0 Å². The molecule has 4 heteroatoms. The fourth-order valence-corrected chi connectivity index (χ4v) is 10.8. The van der Waals surface area contributed by atoms with Crippen molar-refractivity contribution in [3.05, 3.63) is 176 Å². The third-order valence-electron chi connectivity index (χ3n) is 11.9. The molecule has 3 aromatic heterocycles. The fraction of sp³-hybridized carbons (Fsp3) is 0. The van der Waals surface area contributed by atoms with E-state index >= 15 is 0 Å². The van der Waals surface area contributed by atoms with E-state index in [4.69, 9.17) is 9.97 Å². The van der Waals surface area contributed by atoms with E-state index < -0.39 is 0 Å². The minimum atomic E-state index is 0.720. The van der Waals surface area contributed by atoms with Gasteiger partial charge in [0.25, 0.3) is 0 Å². The van der Waals surface area contributed by atoms with Crippen molar-refractivity contribution in [1.82, 2.24) is 14.5 Å². The molecule has 0 radical (unpaired) electrons. The van der Waals surface area contributed by atoms with Crippen LogP contribution in [0.4, 0.5) is 0 Å². The Balaban J connectivity index is 1.15. The Labute approximate surface area is 325 Å². The van der Waals surface area contributed by atoms with Crippen LogP contribution in [0.3, 0.4) is 0 Å². The number of thiophene rings is 1. The van der Waals surface area contributed by atoms with Crippen LogP contribution in [0.5, 0.6) is 0 Å². The number of fused-ring (bicyclic) bond motifs is 15. The second-order valence-electron chi connectivity index (χ2n) is 14.8. The molecule has 56 heavy (non-hydrogen) atoms. The minimum absolute atomic E-state index is 0.720. The minimum Gasteiger partial charge on any atom is -0.307 e. The molecule has 0 N–H and O–H groups in total. The van der Waals surface area contributed by atoms with Crippen molar-refractivity contribution in [2.24, 2.45) is 0 Å². The lowest BCUT2D eigenvalue weighted by Crippen LogP contribution is -1.97. The third kappa shape index (κ3) is 4.01. The van der Waals surface area contributed by atoms with Gasteiger partial charge in [0, 0.05) is 53.8 Å². The number of aromatic nitrogens is 3. The van der Waals surface area contributed by atoms with Gasteiger partial charge in [0.2, 0.25) is 0 Å². The predicted molar refractivity (Wildman–Crippen MR) is 237 cm³/mol. The summed E-state index contributed by atoms with van der Waals surface area (Å²) >= 11 is 1.91. The molecule has 3 nitrogen and oxygen atoms in total. The second kappa shape index (κ2) is 11.2. The Hall–Kier alpha value is -7.14. The average Bonchev–Trinajstić information content (AvgIpc) is 3.93. The largest absolute Gasteiger partial charge is 0.307 e. The molecule has 0 atom stereocenters. The topological polar surface area (TPSA) is 30.7 Å². The average molecular weight is 728 g/mol. The first-order valence-corrected chi connectivity index (χ1v) is 19.9. The molecule has 0 bridgehead atoms. The van der Waals surface area contributed by atoms with Crippen molar-refractivity contribution < 1.29 is 0 Å². The van der Waals surface area contributed by atoms with E-state index in [1.807, 2.05) is 17.4 Å². The van der Waals surface area contributed by atoms with Gasteiger partial charge in [0.05, 0.1) is 26.9 Å². The molecule has 3 heterocycles. The summed E-state index contributed by atoms with van der Waals surface area (Å²) in [6, 6.07) is 63.8. The van der Waals surface area contributed by atoms with Crippen LogP contribution in [0.15, 0.2) is 176 Å². The van der Waals surface area contributed by atoms with Gasteiger partial charge >= 0.3 is 0 Å². The molecule has 0 unspecified atom stereocenters. The lowest BCUT2D eigenvalue weighted by molar-refractivity contribution is 1.19. The van der Waals surface area contributed by atoms with E-state index in [0.717, 1.165) is 39.2 Å². The first-order valence-electron chi connectivity index (χ1n) is 19.1. The summed E-state index contributed by atoms with van der Waals surface area (Å²) in [6.45, 7) is 0. The molecular weight excluding hydrogens is 699 g/mol.